The maximum atomic E-state index is 5.83. The average molecular weight is 243 g/mol. The van der Waals surface area contributed by atoms with Crippen molar-refractivity contribution in [2.75, 3.05) is 0 Å². The quantitative estimate of drug-likeness (QED) is 0.858. The molecule has 1 N–H and O–H groups in total. The molecule has 0 amide bonds. The number of aryl methyl sites for hydroxylation is 1. The molecule has 0 atom stereocenters. The van der Waals surface area contributed by atoms with E-state index in [2.05, 4.69) is 50.4 Å². The fraction of sp³-hybridized carbons (Fsp3) is 0.375. The lowest BCUT2D eigenvalue weighted by molar-refractivity contribution is 0.473. The molecule has 0 spiro atoms. The van der Waals surface area contributed by atoms with E-state index >= 15 is 0 Å². The van der Waals surface area contributed by atoms with E-state index in [0.29, 0.717) is 6.04 Å². The van der Waals surface area contributed by atoms with E-state index in [9.17, 15) is 0 Å². The van der Waals surface area contributed by atoms with Gasteiger partial charge in [-0.3, -0.25) is 0 Å². The Morgan fingerprint density at radius 3 is 2.39 bits per heavy atom. The monoisotopic (exact) mass is 243 g/mol. The van der Waals surface area contributed by atoms with Crippen LogP contribution in [0.4, 0.5) is 0 Å². The highest BCUT2D eigenvalue weighted by Gasteiger charge is 2.05. The first-order chi connectivity index (χ1) is 8.69. The first-order valence-corrected chi connectivity index (χ1v) is 6.60. The van der Waals surface area contributed by atoms with Crippen LogP contribution < -0.4 is 5.32 Å². The first-order valence-electron chi connectivity index (χ1n) is 6.60. The Hall–Kier alpha value is -1.54. The normalized spacial score (nSPS) is 11.1. The van der Waals surface area contributed by atoms with Crippen molar-refractivity contribution in [1.82, 2.24) is 5.32 Å². The molecule has 0 aliphatic carbocycles. The Kier molecular flexibility index (Phi) is 4.21. The van der Waals surface area contributed by atoms with Gasteiger partial charge in [-0.2, -0.15) is 0 Å². The lowest BCUT2D eigenvalue weighted by atomic mass is 10.1. The Balaban J connectivity index is 2.08. The summed E-state index contributed by atoms with van der Waals surface area (Å²) in [7, 11) is 0. The first kappa shape index (κ1) is 12.9. The van der Waals surface area contributed by atoms with E-state index in [1.54, 1.807) is 0 Å². The van der Waals surface area contributed by atoms with Crippen LogP contribution in [-0.4, -0.2) is 6.04 Å². The Morgan fingerprint density at radius 2 is 1.78 bits per heavy atom. The smallest absolute Gasteiger partial charge is 0.134 e. The van der Waals surface area contributed by atoms with Gasteiger partial charge in [-0.1, -0.05) is 45.0 Å². The molecule has 0 saturated heterocycles. The zero-order valence-corrected chi connectivity index (χ0v) is 11.4. The zero-order chi connectivity index (χ0) is 13.0. The van der Waals surface area contributed by atoms with Crippen LogP contribution in [0, 0.1) is 0 Å². The van der Waals surface area contributed by atoms with Crippen LogP contribution in [0.15, 0.2) is 40.8 Å². The highest BCUT2D eigenvalue weighted by Crippen LogP contribution is 2.22. The summed E-state index contributed by atoms with van der Waals surface area (Å²) in [6.07, 6.45) is 1.07. The van der Waals surface area contributed by atoms with Crippen LogP contribution >= 0.6 is 0 Å². The van der Waals surface area contributed by atoms with Gasteiger partial charge in [0, 0.05) is 11.6 Å². The number of hydrogen-bond donors (Lipinski definition) is 1. The largest absolute Gasteiger partial charge is 0.460 e. The summed E-state index contributed by atoms with van der Waals surface area (Å²) in [6.45, 7) is 7.21. The molecule has 0 aliphatic heterocycles. The molecule has 0 unspecified atom stereocenters. The van der Waals surface area contributed by atoms with Crippen molar-refractivity contribution in [3.8, 4) is 11.3 Å². The van der Waals surface area contributed by atoms with Crippen LogP contribution in [0.2, 0.25) is 0 Å². The maximum absolute atomic E-state index is 5.83. The summed E-state index contributed by atoms with van der Waals surface area (Å²) in [5.74, 6) is 1.93. The van der Waals surface area contributed by atoms with Crippen LogP contribution in [0.3, 0.4) is 0 Å². The second kappa shape index (κ2) is 5.87. The molecule has 2 rings (SSSR count). The van der Waals surface area contributed by atoms with Crippen molar-refractivity contribution in [2.45, 2.75) is 39.8 Å². The molecule has 2 heteroatoms. The van der Waals surface area contributed by atoms with Crippen molar-refractivity contribution in [1.29, 1.82) is 0 Å². The summed E-state index contributed by atoms with van der Waals surface area (Å²) in [4.78, 5) is 0. The van der Waals surface area contributed by atoms with Crippen molar-refractivity contribution in [3.63, 3.8) is 0 Å². The second-order valence-corrected chi connectivity index (χ2v) is 4.85. The zero-order valence-electron chi connectivity index (χ0n) is 11.4. The van der Waals surface area contributed by atoms with Crippen molar-refractivity contribution >= 4 is 0 Å². The molecule has 0 radical (unpaired) electrons. The van der Waals surface area contributed by atoms with Gasteiger partial charge in [0.2, 0.25) is 0 Å². The van der Waals surface area contributed by atoms with E-state index in [0.717, 1.165) is 30.0 Å². The maximum Gasteiger partial charge on any atom is 0.134 e. The van der Waals surface area contributed by atoms with Crippen molar-refractivity contribution in [3.05, 3.63) is 47.7 Å². The standard InChI is InChI=1S/C16H21NO/c1-4-13-5-7-14(8-6-13)16-10-9-15(18-16)11-17-12(2)3/h5-10,12,17H,4,11H2,1-3H3. The van der Waals surface area contributed by atoms with E-state index in [1.165, 1.54) is 5.56 Å². The summed E-state index contributed by atoms with van der Waals surface area (Å²) in [6, 6.07) is 13.1. The average Bonchev–Trinajstić information content (AvgIpc) is 2.85. The van der Waals surface area contributed by atoms with E-state index in [-0.39, 0.29) is 0 Å². The molecule has 0 saturated carbocycles. The van der Waals surface area contributed by atoms with Gasteiger partial charge < -0.3 is 9.73 Å². The summed E-state index contributed by atoms with van der Waals surface area (Å²) in [5.41, 5.74) is 2.50. The van der Waals surface area contributed by atoms with Crippen LogP contribution in [0.25, 0.3) is 11.3 Å². The van der Waals surface area contributed by atoms with Gasteiger partial charge in [-0.25, -0.2) is 0 Å². The Labute approximate surface area is 109 Å². The molecule has 1 aromatic heterocycles. The third-order valence-electron chi connectivity index (χ3n) is 2.99. The number of furan rings is 1. The van der Waals surface area contributed by atoms with Gasteiger partial charge in [-0.05, 0) is 24.1 Å². The predicted octanol–water partition coefficient (Wildman–Crippen LogP) is 4.01. The molecule has 1 heterocycles. The summed E-state index contributed by atoms with van der Waals surface area (Å²) in [5, 5.41) is 3.35. The minimum Gasteiger partial charge on any atom is -0.460 e. The molecule has 2 nitrogen and oxygen atoms in total. The lowest BCUT2D eigenvalue weighted by Gasteiger charge is -2.05. The molecule has 0 aliphatic rings. The minimum atomic E-state index is 0.474. The van der Waals surface area contributed by atoms with Gasteiger partial charge in [0.25, 0.3) is 0 Å². The van der Waals surface area contributed by atoms with Crippen LogP contribution in [0.1, 0.15) is 32.1 Å². The topological polar surface area (TPSA) is 25.2 Å². The molecule has 0 fully saturated rings. The summed E-state index contributed by atoms with van der Waals surface area (Å²) >= 11 is 0. The van der Waals surface area contributed by atoms with E-state index < -0.39 is 0 Å². The third-order valence-corrected chi connectivity index (χ3v) is 2.99. The third kappa shape index (κ3) is 3.23. The van der Waals surface area contributed by atoms with Gasteiger partial charge in [-0.15, -0.1) is 0 Å². The van der Waals surface area contributed by atoms with Gasteiger partial charge >= 0.3 is 0 Å². The summed E-state index contributed by atoms with van der Waals surface area (Å²) < 4.78 is 5.83. The fourth-order valence-corrected chi connectivity index (χ4v) is 1.84. The van der Waals surface area contributed by atoms with Gasteiger partial charge in [0.05, 0.1) is 6.54 Å². The molecular formula is C16H21NO. The number of rotatable bonds is 5. The Morgan fingerprint density at radius 1 is 1.06 bits per heavy atom. The number of benzene rings is 1. The van der Waals surface area contributed by atoms with Crippen LogP contribution in [0.5, 0.6) is 0 Å². The van der Waals surface area contributed by atoms with Crippen molar-refractivity contribution in [2.24, 2.45) is 0 Å². The molecule has 96 valence electrons. The fourth-order valence-electron chi connectivity index (χ4n) is 1.84. The number of hydrogen-bond acceptors (Lipinski definition) is 2. The molecule has 18 heavy (non-hydrogen) atoms. The highest BCUT2D eigenvalue weighted by molar-refractivity contribution is 5.57. The minimum absolute atomic E-state index is 0.474. The number of nitrogens with one attached hydrogen (secondary N) is 1. The Bertz CT molecular complexity index is 482. The van der Waals surface area contributed by atoms with Crippen molar-refractivity contribution < 1.29 is 4.42 Å². The lowest BCUT2D eigenvalue weighted by Crippen LogP contribution is -2.21. The van der Waals surface area contributed by atoms with Gasteiger partial charge in [0.15, 0.2) is 0 Å². The highest BCUT2D eigenvalue weighted by atomic mass is 16.3. The van der Waals surface area contributed by atoms with E-state index in [1.807, 2.05) is 12.1 Å². The van der Waals surface area contributed by atoms with Crippen LogP contribution in [-0.2, 0) is 13.0 Å². The molecule has 0 bridgehead atoms. The predicted molar refractivity (Wildman–Crippen MR) is 75.5 cm³/mol. The SMILES string of the molecule is CCc1ccc(-c2ccc(CNC(C)C)o2)cc1. The van der Waals surface area contributed by atoms with E-state index in [4.69, 9.17) is 4.42 Å². The molecule has 2 aromatic rings. The molecular weight excluding hydrogens is 222 g/mol. The van der Waals surface area contributed by atoms with Gasteiger partial charge in [0.1, 0.15) is 11.5 Å². The second-order valence-electron chi connectivity index (χ2n) is 4.85. The molecule has 1 aromatic carbocycles.